The van der Waals surface area contributed by atoms with Gasteiger partial charge in [-0.15, -0.1) is 0 Å². The predicted molar refractivity (Wildman–Crippen MR) is 109 cm³/mol. The minimum absolute atomic E-state index is 0.0418. The van der Waals surface area contributed by atoms with Crippen LogP contribution >= 0.6 is 0 Å². The summed E-state index contributed by atoms with van der Waals surface area (Å²) in [5, 5.41) is 0. The van der Waals surface area contributed by atoms with E-state index in [0.717, 1.165) is 22.7 Å². The van der Waals surface area contributed by atoms with Gasteiger partial charge in [0.2, 0.25) is 0 Å². The third-order valence-electron chi connectivity index (χ3n) is 4.10. The second kappa shape index (κ2) is 8.81. The van der Waals surface area contributed by atoms with E-state index in [1.54, 1.807) is 18.3 Å². The molecular formula is C23H22N2O2. The van der Waals surface area contributed by atoms with Crippen LogP contribution in [0.1, 0.15) is 21.6 Å². The van der Waals surface area contributed by atoms with Crippen LogP contribution in [-0.2, 0) is 6.61 Å². The SMILES string of the molecule is CN(C)c1ccc(C(=O)/C=C/c2ccccc2OCc2ccccn2)cc1. The number of aromatic nitrogens is 1. The van der Waals surface area contributed by atoms with E-state index in [-0.39, 0.29) is 5.78 Å². The van der Waals surface area contributed by atoms with Gasteiger partial charge in [0.15, 0.2) is 5.78 Å². The average Bonchev–Trinajstić information content (AvgIpc) is 2.72. The first-order valence-corrected chi connectivity index (χ1v) is 8.75. The molecule has 0 aliphatic carbocycles. The summed E-state index contributed by atoms with van der Waals surface area (Å²) in [5.74, 6) is 0.676. The molecule has 1 heterocycles. The number of rotatable bonds is 7. The lowest BCUT2D eigenvalue weighted by Gasteiger charge is -2.12. The standard InChI is InChI=1S/C23H22N2O2/c1-25(2)21-13-10-18(11-14-21)22(26)15-12-19-7-3-4-9-23(19)27-17-20-8-5-6-16-24-20/h3-16H,17H2,1-2H3/b15-12+. The topological polar surface area (TPSA) is 42.4 Å². The number of carbonyl (C=O) groups is 1. The molecule has 0 amide bonds. The summed E-state index contributed by atoms with van der Waals surface area (Å²) in [6.07, 6.45) is 5.11. The molecule has 0 aliphatic heterocycles. The van der Waals surface area contributed by atoms with Crippen LogP contribution in [0, 0.1) is 0 Å². The molecule has 27 heavy (non-hydrogen) atoms. The minimum Gasteiger partial charge on any atom is -0.487 e. The molecular weight excluding hydrogens is 336 g/mol. The smallest absolute Gasteiger partial charge is 0.185 e. The van der Waals surface area contributed by atoms with Crippen molar-refractivity contribution in [1.82, 2.24) is 4.98 Å². The van der Waals surface area contributed by atoms with Gasteiger partial charge in [0.1, 0.15) is 12.4 Å². The van der Waals surface area contributed by atoms with Crippen molar-refractivity contribution in [2.24, 2.45) is 0 Å². The molecule has 0 saturated heterocycles. The molecule has 1 aromatic heterocycles. The minimum atomic E-state index is -0.0418. The number of carbonyl (C=O) groups excluding carboxylic acids is 1. The van der Waals surface area contributed by atoms with E-state index in [4.69, 9.17) is 4.74 Å². The van der Waals surface area contributed by atoms with Crippen molar-refractivity contribution in [2.75, 3.05) is 19.0 Å². The first-order valence-electron chi connectivity index (χ1n) is 8.75. The Labute approximate surface area is 159 Å². The zero-order valence-electron chi connectivity index (χ0n) is 15.5. The Balaban J connectivity index is 1.70. The third-order valence-corrected chi connectivity index (χ3v) is 4.10. The molecule has 0 atom stereocenters. The van der Waals surface area contributed by atoms with Gasteiger partial charge in [-0.1, -0.05) is 24.3 Å². The summed E-state index contributed by atoms with van der Waals surface area (Å²) in [6, 6.07) is 20.9. The molecule has 3 aromatic rings. The molecule has 0 bridgehead atoms. The maximum absolute atomic E-state index is 12.4. The lowest BCUT2D eigenvalue weighted by atomic mass is 10.1. The Morgan fingerprint density at radius 3 is 2.44 bits per heavy atom. The third kappa shape index (κ3) is 5.05. The molecule has 0 radical (unpaired) electrons. The van der Waals surface area contributed by atoms with Crippen molar-refractivity contribution in [1.29, 1.82) is 0 Å². The highest BCUT2D eigenvalue weighted by molar-refractivity contribution is 6.07. The van der Waals surface area contributed by atoms with Gasteiger partial charge in [-0.25, -0.2) is 0 Å². The number of benzene rings is 2. The van der Waals surface area contributed by atoms with Gasteiger partial charge in [0.25, 0.3) is 0 Å². The highest BCUT2D eigenvalue weighted by Gasteiger charge is 2.05. The number of ether oxygens (including phenoxy) is 1. The molecule has 0 N–H and O–H groups in total. The van der Waals surface area contributed by atoms with Crippen LogP contribution in [0.4, 0.5) is 5.69 Å². The maximum Gasteiger partial charge on any atom is 0.185 e. The number of hydrogen-bond donors (Lipinski definition) is 0. The van der Waals surface area contributed by atoms with Gasteiger partial charge in [0.05, 0.1) is 5.69 Å². The van der Waals surface area contributed by atoms with E-state index < -0.39 is 0 Å². The van der Waals surface area contributed by atoms with E-state index in [0.29, 0.717) is 12.2 Å². The Morgan fingerprint density at radius 1 is 1.00 bits per heavy atom. The van der Waals surface area contributed by atoms with Crippen LogP contribution in [0.3, 0.4) is 0 Å². The Kier molecular flexibility index (Phi) is 6.00. The second-order valence-corrected chi connectivity index (χ2v) is 6.29. The van der Waals surface area contributed by atoms with E-state index in [2.05, 4.69) is 4.98 Å². The Bertz CT molecular complexity index is 917. The average molecular weight is 358 g/mol. The predicted octanol–water partition coefficient (Wildman–Crippen LogP) is 4.62. The number of pyridine rings is 1. The van der Waals surface area contributed by atoms with Gasteiger partial charge in [-0.05, 0) is 54.6 Å². The van der Waals surface area contributed by atoms with Crippen LogP contribution in [0.5, 0.6) is 5.75 Å². The Morgan fingerprint density at radius 2 is 1.74 bits per heavy atom. The quantitative estimate of drug-likeness (QED) is 0.456. The first kappa shape index (κ1) is 18.4. The molecule has 0 spiro atoms. The van der Waals surface area contributed by atoms with E-state index in [1.807, 2.05) is 85.7 Å². The number of para-hydroxylation sites is 1. The Hall–Kier alpha value is -3.40. The number of ketones is 1. The summed E-state index contributed by atoms with van der Waals surface area (Å²) in [5.41, 5.74) is 3.42. The molecule has 0 saturated carbocycles. The van der Waals surface area contributed by atoms with Gasteiger partial charge >= 0.3 is 0 Å². The van der Waals surface area contributed by atoms with Crippen LogP contribution in [-0.4, -0.2) is 24.9 Å². The molecule has 136 valence electrons. The van der Waals surface area contributed by atoms with Crippen LogP contribution in [0.25, 0.3) is 6.08 Å². The van der Waals surface area contributed by atoms with Crippen molar-refractivity contribution in [3.8, 4) is 5.75 Å². The molecule has 0 unspecified atom stereocenters. The summed E-state index contributed by atoms with van der Waals surface area (Å²) in [4.78, 5) is 18.7. The summed E-state index contributed by atoms with van der Waals surface area (Å²) >= 11 is 0. The fraction of sp³-hybridized carbons (Fsp3) is 0.130. The zero-order valence-corrected chi connectivity index (χ0v) is 15.5. The fourth-order valence-electron chi connectivity index (χ4n) is 2.57. The number of anilines is 1. The molecule has 4 heteroatoms. The monoisotopic (exact) mass is 358 g/mol. The van der Waals surface area contributed by atoms with Crippen molar-refractivity contribution >= 4 is 17.5 Å². The normalized spacial score (nSPS) is 10.7. The summed E-state index contributed by atoms with van der Waals surface area (Å²) in [7, 11) is 3.94. The summed E-state index contributed by atoms with van der Waals surface area (Å²) < 4.78 is 5.87. The van der Waals surface area contributed by atoms with Crippen molar-refractivity contribution < 1.29 is 9.53 Å². The van der Waals surface area contributed by atoms with Gasteiger partial charge < -0.3 is 9.64 Å². The van der Waals surface area contributed by atoms with E-state index >= 15 is 0 Å². The number of nitrogens with zero attached hydrogens (tertiary/aromatic N) is 2. The highest BCUT2D eigenvalue weighted by Crippen LogP contribution is 2.21. The van der Waals surface area contributed by atoms with E-state index in [9.17, 15) is 4.79 Å². The van der Waals surface area contributed by atoms with Gasteiger partial charge in [-0.3, -0.25) is 9.78 Å². The van der Waals surface area contributed by atoms with Crippen molar-refractivity contribution in [3.63, 3.8) is 0 Å². The first-order chi connectivity index (χ1) is 13.1. The largest absolute Gasteiger partial charge is 0.487 e. The van der Waals surface area contributed by atoms with E-state index in [1.165, 1.54) is 0 Å². The zero-order chi connectivity index (χ0) is 19.1. The molecule has 0 fully saturated rings. The highest BCUT2D eigenvalue weighted by atomic mass is 16.5. The fourth-order valence-corrected chi connectivity index (χ4v) is 2.57. The summed E-state index contributed by atoms with van der Waals surface area (Å²) in [6.45, 7) is 0.381. The second-order valence-electron chi connectivity index (χ2n) is 6.29. The number of allylic oxidation sites excluding steroid dienone is 1. The van der Waals surface area contributed by atoms with Crippen LogP contribution in [0.2, 0.25) is 0 Å². The molecule has 0 aliphatic rings. The number of hydrogen-bond acceptors (Lipinski definition) is 4. The van der Waals surface area contributed by atoms with Gasteiger partial charge in [-0.2, -0.15) is 0 Å². The molecule has 4 nitrogen and oxygen atoms in total. The van der Waals surface area contributed by atoms with Crippen molar-refractivity contribution in [2.45, 2.75) is 6.61 Å². The van der Waals surface area contributed by atoms with Crippen molar-refractivity contribution in [3.05, 3.63) is 95.8 Å². The molecule has 2 aromatic carbocycles. The van der Waals surface area contributed by atoms with Gasteiger partial charge in [0, 0.05) is 37.1 Å². The lowest BCUT2D eigenvalue weighted by Crippen LogP contribution is -2.08. The lowest BCUT2D eigenvalue weighted by molar-refractivity contribution is 0.104. The van der Waals surface area contributed by atoms with Crippen LogP contribution < -0.4 is 9.64 Å². The van der Waals surface area contributed by atoms with Crippen LogP contribution in [0.15, 0.2) is 79.0 Å². The molecule has 3 rings (SSSR count). The maximum atomic E-state index is 12.4.